The van der Waals surface area contributed by atoms with Crippen LogP contribution in [-0.4, -0.2) is 16.9 Å². The molecule has 1 aliphatic rings. The lowest BCUT2D eigenvalue weighted by molar-refractivity contribution is -0.385. The van der Waals surface area contributed by atoms with E-state index in [2.05, 4.69) is 10.6 Å². The zero-order chi connectivity index (χ0) is 21.2. The number of benzene rings is 2. The lowest BCUT2D eigenvalue weighted by Gasteiger charge is -2.29. The van der Waals surface area contributed by atoms with E-state index >= 15 is 0 Å². The molecule has 0 radical (unpaired) electrons. The highest BCUT2D eigenvalue weighted by Crippen LogP contribution is 2.37. The molecule has 0 fully saturated rings. The van der Waals surface area contributed by atoms with Crippen molar-refractivity contribution in [2.45, 2.75) is 44.4 Å². The van der Waals surface area contributed by atoms with Crippen LogP contribution in [0, 0.1) is 10.1 Å². The molecular weight excluding hydrogens is 387 g/mol. The molecule has 0 bridgehead atoms. The topological polar surface area (TPSA) is 84.3 Å². The van der Waals surface area contributed by atoms with E-state index in [1.165, 1.54) is 5.56 Å². The predicted octanol–water partition coefficient (Wildman–Crippen LogP) is 4.61. The Morgan fingerprint density at radius 1 is 1.24 bits per heavy atom. The highest BCUT2D eigenvalue weighted by molar-refractivity contribution is 5.95. The maximum atomic E-state index is 13.3. The highest BCUT2D eigenvalue weighted by Gasteiger charge is 2.36. The van der Waals surface area contributed by atoms with Crippen LogP contribution in [0.25, 0.3) is 0 Å². The summed E-state index contributed by atoms with van der Waals surface area (Å²) in [4.78, 5) is 22.4. The quantitative estimate of drug-likeness (QED) is 0.560. The lowest BCUT2D eigenvalue weighted by atomic mass is 9.87. The molecule has 9 heteroatoms. The van der Waals surface area contributed by atoms with E-state index in [9.17, 15) is 28.1 Å². The third-order valence-corrected chi connectivity index (χ3v) is 4.99. The number of carbonyl (C=O) groups is 1. The van der Waals surface area contributed by atoms with Gasteiger partial charge in [0, 0.05) is 18.2 Å². The van der Waals surface area contributed by atoms with Gasteiger partial charge in [0.2, 0.25) is 5.91 Å². The second-order valence-corrected chi connectivity index (χ2v) is 7.01. The zero-order valence-electron chi connectivity index (χ0n) is 15.6. The molecule has 2 aromatic rings. The molecule has 2 N–H and O–H groups in total. The second kappa shape index (κ2) is 8.20. The van der Waals surface area contributed by atoms with Gasteiger partial charge in [-0.25, -0.2) is 0 Å². The molecule has 1 amide bonds. The Labute approximate surface area is 165 Å². The molecule has 0 aromatic heterocycles. The average molecular weight is 407 g/mol. The fourth-order valence-corrected chi connectivity index (χ4v) is 3.53. The molecule has 29 heavy (non-hydrogen) atoms. The van der Waals surface area contributed by atoms with Gasteiger partial charge in [-0.3, -0.25) is 20.2 Å². The van der Waals surface area contributed by atoms with Crippen molar-refractivity contribution in [1.82, 2.24) is 5.32 Å². The van der Waals surface area contributed by atoms with Crippen molar-refractivity contribution in [3.05, 3.63) is 69.3 Å². The fraction of sp³-hybridized carbons (Fsp3) is 0.350. The Balaban J connectivity index is 1.76. The first-order valence-electron chi connectivity index (χ1n) is 9.17. The van der Waals surface area contributed by atoms with Gasteiger partial charge in [0.05, 0.1) is 22.2 Å². The first kappa shape index (κ1) is 20.8. The number of fused-ring (bicyclic) bond motifs is 1. The first-order valence-corrected chi connectivity index (χ1v) is 9.17. The standard InChI is InChI=1S/C20H20F3N3O3/c1-12(24-17-8-4-6-13-5-2-3-7-15(13)17)19(27)25-18-10-9-14(26(28)29)11-16(18)20(21,22)23/h2-3,5,7,9-12,17,24H,4,6,8H2,1H3,(H,25,27)/t12-,17+/m0/s1. The zero-order valence-corrected chi connectivity index (χ0v) is 15.6. The summed E-state index contributed by atoms with van der Waals surface area (Å²) in [6.45, 7) is 1.57. The molecule has 0 saturated carbocycles. The van der Waals surface area contributed by atoms with Crippen molar-refractivity contribution in [3.63, 3.8) is 0 Å². The number of aryl methyl sites for hydroxylation is 1. The molecule has 0 unspecified atom stereocenters. The minimum atomic E-state index is -4.84. The van der Waals surface area contributed by atoms with Crippen LogP contribution in [0.15, 0.2) is 42.5 Å². The monoisotopic (exact) mass is 407 g/mol. The van der Waals surface area contributed by atoms with Crippen LogP contribution < -0.4 is 10.6 Å². The molecule has 0 spiro atoms. The van der Waals surface area contributed by atoms with Crippen LogP contribution in [0.4, 0.5) is 24.5 Å². The Morgan fingerprint density at radius 3 is 2.66 bits per heavy atom. The average Bonchev–Trinajstić information content (AvgIpc) is 2.67. The van der Waals surface area contributed by atoms with Crippen molar-refractivity contribution in [2.75, 3.05) is 5.32 Å². The summed E-state index contributed by atoms with van der Waals surface area (Å²) in [6.07, 6.45) is -2.12. The van der Waals surface area contributed by atoms with Crippen molar-refractivity contribution < 1.29 is 22.9 Å². The summed E-state index contributed by atoms with van der Waals surface area (Å²) in [5.41, 5.74) is -0.176. The molecular formula is C20H20F3N3O3. The normalized spacial score (nSPS) is 17.3. The van der Waals surface area contributed by atoms with Gasteiger partial charge in [-0.1, -0.05) is 24.3 Å². The van der Waals surface area contributed by atoms with Crippen LogP contribution in [0.3, 0.4) is 0 Å². The lowest BCUT2D eigenvalue weighted by Crippen LogP contribution is -2.41. The summed E-state index contributed by atoms with van der Waals surface area (Å²) in [5.74, 6) is -0.646. The molecule has 6 nitrogen and oxygen atoms in total. The molecule has 1 aliphatic carbocycles. The molecule has 0 heterocycles. The maximum absolute atomic E-state index is 13.3. The molecule has 3 rings (SSSR count). The minimum Gasteiger partial charge on any atom is -0.324 e. The predicted molar refractivity (Wildman–Crippen MR) is 101 cm³/mol. The van der Waals surface area contributed by atoms with Gasteiger partial charge in [0.1, 0.15) is 0 Å². The number of nitrogens with one attached hydrogen (secondary N) is 2. The van der Waals surface area contributed by atoms with Crippen LogP contribution in [-0.2, 0) is 17.4 Å². The number of nitro benzene ring substituents is 1. The molecule has 2 aromatic carbocycles. The number of halogens is 3. The van der Waals surface area contributed by atoms with Crippen molar-refractivity contribution >= 4 is 17.3 Å². The van der Waals surface area contributed by atoms with Crippen LogP contribution in [0.5, 0.6) is 0 Å². The SMILES string of the molecule is C[C@H](N[C@@H]1CCCc2ccccc21)C(=O)Nc1ccc([N+](=O)[O-])cc1C(F)(F)F. The number of amides is 1. The third-order valence-electron chi connectivity index (χ3n) is 4.99. The van der Waals surface area contributed by atoms with Crippen molar-refractivity contribution in [3.8, 4) is 0 Å². The van der Waals surface area contributed by atoms with Gasteiger partial charge < -0.3 is 5.32 Å². The summed E-state index contributed by atoms with van der Waals surface area (Å²) < 4.78 is 39.9. The molecule has 0 saturated heterocycles. The van der Waals surface area contributed by atoms with E-state index in [-0.39, 0.29) is 6.04 Å². The number of anilines is 1. The first-order chi connectivity index (χ1) is 13.7. The Hall–Kier alpha value is -2.94. The minimum absolute atomic E-state index is 0.0698. The van der Waals surface area contributed by atoms with E-state index in [4.69, 9.17) is 0 Å². The Kier molecular flexibility index (Phi) is 5.88. The van der Waals surface area contributed by atoms with E-state index in [0.29, 0.717) is 6.07 Å². The molecule has 154 valence electrons. The Bertz CT molecular complexity index is 931. The number of nitro groups is 1. The van der Waals surface area contributed by atoms with Crippen molar-refractivity contribution in [2.24, 2.45) is 0 Å². The van der Waals surface area contributed by atoms with Crippen LogP contribution in [0.2, 0.25) is 0 Å². The van der Waals surface area contributed by atoms with Gasteiger partial charge in [-0.15, -0.1) is 0 Å². The molecule has 0 aliphatic heterocycles. The van der Waals surface area contributed by atoms with Crippen LogP contribution >= 0.6 is 0 Å². The van der Waals surface area contributed by atoms with Gasteiger partial charge in [-0.2, -0.15) is 13.2 Å². The highest BCUT2D eigenvalue weighted by atomic mass is 19.4. The summed E-state index contributed by atoms with van der Waals surface area (Å²) in [6, 6.07) is 9.30. The number of carbonyl (C=O) groups excluding carboxylic acids is 1. The summed E-state index contributed by atoms with van der Waals surface area (Å²) in [7, 11) is 0. The van der Waals surface area contributed by atoms with Gasteiger partial charge >= 0.3 is 6.18 Å². The third kappa shape index (κ3) is 4.73. The second-order valence-electron chi connectivity index (χ2n) is 7.01. The number of non-ortho nitro benzene ring substituents is 1. The summed E-state index contributed by atoms with van der Waals surface area (Å²) in [5, 5.41) is 16.2. The van der Waals surface area contributed by atoms with E-state index in [0.717, 1.165) is 37.0 Å². The number of nitrogens with zero attached hydrogens (tertiary/aromatic N) is 1. The number of hydrogen-bond acceptors (Lipinski definition) is 4. The van der Waals surface area contributed by atoms with Crippen molar-refractivity contribution in [1.29, 1.82) is 0 Å². The van der Waals surface area contributed by atoms with E-state index < -0.39 is 40.0 Å². The fourth-order valence-electron chi connectivity index (χ4n) is 3.53. The van der Waals surface area contributed by atoms with Gasteiger partial charge in [0.25, 0.3) is 5.69 Å². The van der Waals surface area contributed by atoms with E-state index in [1.807, 2.05) is 24.3 Å². The smallest absolute Gasteiger partial charge is 0.324 e. The van der Waals surface area contributed by atoms with E-state index in [1.54, 1.807) is 6.92 Å². The number of rotatable bonds is 5. The largest absolute Gasteiger partial charge is 0.418 e. The van der Waals surface area contributed by atoms with Crippen LogP contribution in [0.1, 0.15) is 42.5 Å². The Morgan fingerprint density at radius 2 is 1.97 bits per heavy atom. The number of hydrogen-bond donors (Lipinski definition) is 2. The van der Waals surface area contributed by atoms with Gasteiger partial charge in [-0.05, 0) is 43.4 Å². The van der Waals surface area contributed by atoms with Gasteiger partial charge in [0.15, 0.2) is 0 Å². The molecule has 2 atom stereocenters. The maximum Gasteiger partial charge on any atom is 0.418 e. The number of alkyl halides is 3. The summed E-state index contributed by atoms with van der Waals surface area (Å²) >= 11 is 0.